The van der Waals surface area contributed by atoms with Crippen molar-refractivity contribution in [3.05, 3.63) is 36.2 Å². The zero-order chi connectivity index (χ0) is 11.3. The topological polar surface area (TPSA) is 42.2 Å². The molecule has 0 fully saturated rings. The van der Waals surface area contributed by atoms with Gasteiger partial charge in [-0.15, -0.1) is 0 Å². The van der Waals surface area contributed by atoms with E-state index in [4.69, 9.17) is 5.73 Å². The first-order valence-electron chi connectivity index (χ1n) is 5.21. The molecule has 0 aliphatic carbocycles. The monoisotopic (exact) mass is 205 g/mol. The molecule has 0 amide bonds. The van der Waals surface area contributed by atoms with E-state index < -0.39 is 0 Å². The number of hydrogen-bond acceptors (Lipinski definition) is 3. The number of hydrogen-bond donors (Lipinski definition) is 1. The van der Waals surface area contributed by atoms with Gasteiger partial charge in [-0.2, -0.15) is 0 Å². The van der Waals surface area contributed by atoms with Crippen molar-refractivity contribution in [2.75, 3.05) is 18.0 Å². The van der Waals surface area contributed by atoms with Crippen LogP contribution in [0.15, 0.2) is 30.6 Å². The maximum absolute atomic E-state index is 5.70. The van der Waals surface area contributed by atoms with E-state index in [1.54, 1.807) is 6.20 Å². The SMILES string of the molecule is C=C(C)CN(CC)c1cnccc1CN. The molecule has 0 saturated carbocycles. The van der Waals surface area contributed by atoms with Crippen LogP contribution in [0.2, 0.25) is 0 Å². The molecule has 15 heavy (non-hydrogen) atoms. The lowest BCUT2D eigenvalue weighted by molar-refractivity contribution is 0.861. The Morgan fingerprint density at radius 3 is 2.87 bits per heavy atom. The molecule has 0 aliphatic heterocycles. The maximum Gasteiger partial charge on any atom is 0.0601 e. The molecule has 3 nitrogen and oxygen atoms in total. The van der Waals surface area contributed by atoms with E-state index in [0.717, 1.165) is 29.9 Å². The molecule has 1 rings (SSSR count). The van der Waals surface area contributed by atoms with Crippen LogP contribution in [0.3, 0.4) is 0 Å². The maximum atomic E-state index is 5.70. The van der Waals surface area contributed by atoms with Gasteiger partial charge in [0.25, 0.3) is 0 Å². The minimum absolute atomic E-state index is 0.546. The highest BCUT2D eigenvalue weighted by Gasteiger charge is 2.08. The molecule has 1 aromatic rings. The minimum Gasteiger partial charge on any atom is -0.366 e. The summed E-state index contributed by atoms with van der Waals surface area (Å²) in [6.45, 7) is 10.4. The van der Waals surface area contributed by atoms with Gasteiger partial charge in [0, 0.05) is 25.8 Å². The summed E-state index contributed by atoms with van der Waals surface area (Å²) in [5.74, 6) is 0. The predicted octanol–water partition coefficient (Wildman–Crippen LogP) is 1.94. The van der Waals surface area contributed by atoms with Crippen LogP contribution < -0.4 is 10.6 Å². The number of rotatable bonds is 5. The lowest BCUT2D eigenvalue weighted by atomic mass is 10.2. The van der Waals surface area contributed by atoms with Crippen molar-refractivity contribution in [1.29, 1.82) is 0 Å². The third-order valence-electron chi connectivity index (χ3n) is 2.29. The molecule has 0 radical (unpaired) electrons. The highest BCUT2D eigenvalue weighted by atomic mass is 15.1. The predicted molar refractivity (Wildman–Crippen MR) is 64.8 cm³/mol. The number of likely N-dealkylation sites (N-methyl/N-ethyl adjacent to an activating group) is 1. The molecular weight excluding hydrogens is 186 g/mol. The molecule has 1 heterocycles. The second-order valence-electron chi connectivity index (χ2n) is 3.68. The molecule has 0 spiro atoms. The average molecular weight is 205 g/mol. The molecular formula is C12H19N3. The number of pyridine rings is 1. The third kappa shape index (κ3) is 3.06. The van der Waals surface area contributed by atoms with E-state index >= 15 is 0 Å². The van der Waals surface area contributed by atoms with E-state index in [9.17, 15) is 0 Å². The molecule has 3 heteroatoms. The summed E-state index contributed by atoms with van der Waals surface area (Å²) in [6.07, 6.45) is 3.65. The largest absolute Gasteiger partial charge is 0.366 e. The summed E-state index contributed by atoms with van der Waals surface area (Å²) in [7, 11) is 0. The van der Waals surface area contributed by atoms with Crippen molar-refractivity contribution in [3.8, 4) is 0 Å². The second-order valence-corrected chi connectivity index (χ2v) is 3.68. The Kier molecular flexibility index (Phi) is 4.31. The minimum atomic E-state index is 0.546. The zero-order valence-corrected chi connectivity index (χ0v) is 9.53. The summed E-state index contributed by atoms with van der Waals surface area (Å²) in [6, 6.07) is 1.97. The van der Waals surface area contributed by atoms with Crippen molar-refractivity contribution >= 4 is 5.69 Å². The first kappa shape index (κ1) is 11.7. The van der Waals surface area contributed by atoms with Gasteiger partial charge in [0.05, 0.1) is 11.9 Å². The van der Waals surface area contributed by atoms with Gasteiger partial charge in [0.15, 0.2) is 0 Å². The van der Waals surface area contributed by atoms with E-state index in [-0.39, 0.29) is 0 Å². The first-order valence-corrected chi connectivity index (χ1v) is 5.21. The van der Waals surface area contributed by atoms with Gasteiger partial charge in [0.1, 0.15) is 0 Å². The lowest BCUT2D eigenvalue weighted by Gasteiger charge is -2.25. The van der Waals surface area contributed by atoms with Gasteiger partial charge in [-0.1, -0.05) is 12.2 Å². The average Bonchev–Trinajstić information content (AvgIpc) is 2.25. The Balaban J connectivity index is 2.95. The highest BCUT2D eigenvalue weighted by Crippen LogP contribution is 2.19. The van der Waals surface area contributed by atoms with Crippen LogP contribution in [0.5, 0.6) is 0 Å². The van der Waals surface area contributed by atoms with Gasteiger partial charge in [-0.05, 0) is 25.5 Å². The smallest absolute Gasteiger partial charge is 0.0601 e. The number of anilines is 1. The normalized spacial score (nSPS) is 10.1. The Hall–Kier alpha value is -1.35. The fraction of sp³-hybridized carbons (Fsp3) is 0.417. The van der Waals surface area contributed by atoms with Crippen LogP contribution in [0, 0.1) is 0 Å². The summed E-state index contributed by atoms with van der Waals surface area (Å²) >= 11 is 0. The van der Waals surface area contributed by atoms with Crippen LogP contribution in [-0.4, -0.2) is 18.1 Å². The highest BCUT2D eigenvalue weighted by molar-refractivity contribution is 5.52. The fourth-order valence-electron chi connectivity index (χ4n) is 1.57. The molecule has 0 aromatic carbocycles. The van der Waals surface area contributed by atoms with Crippen molar-refractivity contribution in [3.63, 3.8) is 0 Å². The first-order chi connectivity index (χ1) is 7.19. The Morgan fingerprint density at radius 1 is 1.60 bits per heavy atom. The number of aromatic nitrogens is 1. The summed E-state index contributed by atoms with van der Waals surface area (Å²) in [5.41, 5.74) is 9.09. The summed E-state index contributed by atoms with van der Waals surface area (Å²) < 4.78 is 0. The van der Waals surface area contributed by atoms with Crippen LogP contribution in [-0.2, 0) is 6.54 Å². The van der Waals surface area contributed by atoms with Gasteiger partial charge in [-0.25, -0.2) is 0 Å². The standard InChI is InChI=1S/C12H19N3/c1-4-15(9-10(2)3)12-8-14-6-5-11(12)7-13/h5-6,8H,2,4,7,9,13H2,1,3H3. The zero-order valence-electron chi connectivity index (χ0n) is 9.53. The number of nitrogens with zero attached hydrogens (tertiary/aromatic N) is 2. The molecule has 82 valence electrons. The van der Waals surface area contributed by atoms with Crippen molar-refractivity contribution in [2.45, 2.75) is 20.4 Å². The Morgan fingerprint density at radius 2 is 2.33 bits per heavy atom. The quantitative estimate of drug-likeness (QED) is 0.747. The second kappa shape index (κ2) is 5.51. The molecule has 0 unspecified atom stereocenters. The molecule has 0 atom stereocenters. The fourth-order valence-corrected chi connectivity index (χ4v) is 1.57. The third-order valence-corrected chi connectivity index (χ3v) is 2.29. The van der Waals surface area contributed by atoms with Crippen molar-refractivity contribution in [2.24, 2.45) is 5.73 Å². The Labute approximate surface area is 91.6 Å². The van der Waals surface area contributed by atoms with E-state index in [1.807, 2.05) is 19.2 Å². The van der Waals surface area contributed by atoms with Gasteiger partial charge >= 0.3 is 0 Å². The van der Waals surface area contributed by atoms with E-state index in [0.29, 0.717) is 6.54 Å². The Bertz CT molecular complexity index is 333. The van der Waals surface area contributed by atoms with Crippen molar-refractivity contribution in [1.82, 2.24) is 4.98 Å². The molecule has 0 aliphatic rings. The number of nitrogens with two attached hydrogens (primary N) is 1. The van der Waals surface area contributed by atoms with Crippen LogP contribution in [0.1, 0.15) is 19.4 Å². The van der Waals surface area contributed by atoms with Crippen LogP contribution in [0.4, 0.5) is 5.69 Å². The van der Waals surface area contributed by atoms with Crippen LogP contribution in [0.25, 0.3) is 0 Å². The van der Waals surface area contributed by atoms with Crippen LogP contribution >= 0.6 is 0 Å². The van der Waals surface area contributed by atoms with E-state index in [1.165, 1.54) is 0 Å². The summed E-state index contributed by atoms with van der Waals surface area (Å²) in [4.78, 5) is 6.38. The molecule has 1 aromatic heterocycles. The van der Waals surface area contributed by atoms with E-state index in [2.05, 4.69) is 23.4 Å². The summed E-state index contributed by atoms with van der Waals surface area (Å²) in [5, 5.41) is 0. The van der Waals surface area contributed by atoms with Crippen molar-refractivity contribution < 1.29 is 0 Å². The van der Waals surface area contributed by atoms with Gasteiger partial charge < -0.3 is 10.6 Å². The van der Waals surface area contributed by atoms with Gasteiger partial charge in [-0.3, -0.25) is 4.98 Å². The van der Waals surface area contributed by atoms with Gasteiger partial charge in [0.2, 0.25) is 0 Å². The molecule has 0 bridgehead atoms. The molecule has 2 N–H and O–H groups in total. The molecule has 0 saturated heterocycles. The lowest BCUT2D eigenvalue weighted by Crippen LogP contribution is -2.26.